The number of esters is 1. The van der Waals surface area contributed by atoms with Crippen molar-refractivity contribution in [3.8, 4) is 0 Å². The number of carbonyl (C=O) groups excluding carboxylic acids is 1. The number of unbranched alkanes of at least 4 members (excludes halogenated alkanes) is 8. The van der Waals surface area contributed by atoms with Crippen LogP contribution in [0.4, 0.5) is 0 Å². The summed E-state index contributed by atoms with van der Waals surface area (Å²) in [5.41, 5.74) is 0. The van der Waals surface area contributed by atoms with E-state index in [1.807, 2.05) is 0 Å². The van der Waals surface area contributed by atoms with Gasteiger partial charge in [-0.15, -0.1) is 0 Å². The van der Waals surface area contributed by atoms with Gasteiger partial charge in [-0.2, -0.15) is 0 Å². The molecule has 0 amide bonds. The smallest absolute Gasteiger partial charge is 0.305 e. The van der Waals surface area contributed by atoms with Crippen molar-refractivity contribution in [2.24, 2.45) is 5.92 Å². The molecule has 33 heavy (non-hydrogen) atoms. The molecule has 0 unspecified atom stereocenters. The van der Waals surface area contributed by atoms with Gasteiger partial charge in [0.1, 0.15) is 0 Å². The van der Waals surface area contributed by atoms with Crippen LogP contribution in [0.1, 0.15) is 104 Å². The Morgan fingerprint density at radius 1 is 0.545 bits per heavy atom. The average Bonchev–Trinajstić information content (AvgIpc) is 2.79. The maximum atomic E-state index is 11.7. The number of carbonyl (C=O) groups is 1. The van der Waals surface area contributed by atoms with E-state index in [1.165, 1.54) is 51.4 Å². The zero-order valence-corrected chi connectivity index (χ0v) is 22.1. The van der Waals surface area contributed by atoms with Crippen molar-refractivity contribution in [2.45, 2.75) is 104 Å². The second-order valence-corrected chi connectivity index (χ2v) is 9.14. The van der Waals surface area contributed by atoms with Gasteiger partial charge in [-0.25, -0.2) is 0 Å². The lowest BCUT2D eigenvalue weighted by Gasteiger charge is -2.08. The summed E-state index contributed by atoms with van der Waals surface area (Å²) in [6.07, 6.45) is 14.7. The third kappa shape index (κ3) is 29.3. The van der Waals surface area contributed by atoms with Gasteiger partial charge in [0.05, 0.1) is 46.2 Å². The number of hydrogen-bond donors (Lipinski definition) is 0. The first kappa shape index (κ1) is 32.3. The third-order valence-electron chi connectivity index (χ3n) is 5.37. The fourth-order valence-electron chi connectivity index (χ4n) is 3.33. The zero-order valence-electron chi connectivity index (χ0n) is 22.1. The zero-order chi connectivity index (χ0) is 24.2. The molecule has 0 aliphatic carbocycles. The summed E-state index contributed by atoms with van der Waals surface area (Å²) >= 11 is 0. The molecule has 0 spiro atoms. The Morgan fingerprint density at radius 2 is 1.00 bits per heavy atom. The molecule has 0 rings (SSSR count). The fraction of sp³-hybridized carbons (Fsp3) is 0.963. The Labute approximate surface area is 204 Å². The Bertz CT molecular complexity index is 389. The van der Waals surface area contributed by atoms with Gasteiger partial charge in [0.25, 0.3) is 0 Å². The van der Waals surface area contributed by atoms with Crippen LogP contribution in [0.5, 0.6) is 0 Å². The highest BCUT2D eigenvalue weighted by molar-refractivity contribution is 5.69. The quantitative estimate of drug-likeness (QED) is 0.102. The average molecular weight is 475 g/mol. The summed E-state index contributed by atoms with van der Waals surface area (Å²) in [6, 6.07) is 0. The molecular formula is C27H54O6. The monoisotopic (exact) mass is 474 g/mol. The van der Waals surface area contributed by atoms with E-state index >= 15 is 0 Å². The molecule has 0 N–H and O–H groups in total. The SMILES string of the molecule is CCCCCCCCOCCOCCOCCOCCCC(=O)OCCCCCCC(C)C. The van der Waals surface area contributed by atoms with Gasteiger partial charge in [0.15, 0.2) is 0 Å². The van der Waals surface area contributed by atoms with E-state index < -0.39 is 0 Å². The van der Waals surface area contributed by atoms with Gasteiger partial charge < -0.3 is 23.7 Å². The highest BCUT2D eigenvalue weighted by atomic mass is 16.6. The van der Waals surface area contributed by atoms with Crippen LogP contribution in [0.25, 0.3) is 0 Å². The minimum Gasteiger partial charge on any atom is -0.466 e. The van der Waals surface area contributed by atoms with Gasteiger partial charge >= 0.3 is 5.97 Å². The number of hydrogen-bond acceptors (Lipinski definition) is 6. The summed E-state index contributed by atoms with van der Waals surface area (Å²) in [5, 5.41) is 0. The van der Waals surface area contributed by atoms with E-state index in [0.717, 1.165) is 31.8 Å². The van der Waals surface area contributed by atoms with E-state index in [4.69, 9.17) is 23.7 Å². The first-order valence-electron chi connectivity index (χ1n) is 13.6. The molecule has 0 radical (unpaired) electrons. The van der Waals surface area contributed by atoms with Gasteiger partial charge in [-0.05, 0) is 25.2 Å². The molecule has 0 bridgehead atoms. The maximum absolute atomic E-state index is 11.7. The molecule has 0 saturated heterocycles. The van der Waals surface area contributed by atoms with Crippen molar-refractivity contribution < 1.29 is 28.5 Å². The standard InChI is InChI=1S/C27H54O6/c1-4-5-6-7-9-12-17-29-20-22-31-24-25-32-23-21-30-18-14-16-27(28)33-19-13-10-8-11-15-26(2)3/h26H,4-25H2,1-3H3. The molecule has 6 heteroatoms. The predicted octanol–water partition coefficient (Wildman–Crippen LogP) is 6.34. The molecule has 0 atom stereocenters. The van der Waals surface area contributed by atoms with E-state index in [0.29, 0.717) is 65.7 Å². The molecule has 0 aromatic heterocycles. The lowest BCUT2D eigenvalue weighted by atomic mass is 10.0. The fourth-order valence-corrected chi connectivity index (χ4v) is 3.33. The van der Waals surface area contributed by atoms with Gasteiger partial charge in [0, 0.05) is 19.6 Å². The number of rotatable bonds is 27. The van der Waals surface area contributed by atoms with Crippen molar-refractivity contribution in [3.05, 3.63) is 0 Å². The summed E-state index contributed by atoms with van der Waals surface area (Å²) in [7, 11) is 0. The summed E-state index contributed by atoms with van der Waals surface area (Å²) in [4.78, 5) is 11.7. The van der Waals surface area contributed by atoms with Crippen LogP contribution in [-0.4, -0.2) is 65.4 Å². The normalized spacial score (nSPS) is 11.4. The van der Waals surface area contributed by atoms with E-state index in [1.54, 1.807) is 0 Å². The molecule has 0 fully saturated rings. The van der Waals surface area contributed by atoms with E-state index in [9.17, 15) is 4.79 Å². The highest BCUT2D eigenvalue weighted by Gasteiger charge is 2.03. The van der Waals surface area contributed by atoms with Crippen LogP contribution in [0, 0.1) is 5.92 Å². The molecular weight excluding hydrogens is 420 g/mol. The van der Waals surface area contributed by atoms with Crippen molar-refractivity contribution in [2.75, 3.05) is 59.5 Å². The molecule has 0 aliphatic rings. The summed E-state index contributed by atoms with van der Waals surface area (Å²) < 4.78 is 27.3. The van der Waals surface area contributed by atoms with Gasteiger partial charge in [-0.3, -0.25) is 4.79 Å². The van der Waals surface area contributed by atoms with Crippen molar-refractivity contribution in [1.82, 2.24) is 0 Å². The molecule has 0 heterocycles. The second kappa shape index (κ2) is 27.6. The van der Waals surface area contributed by atoms with Crippen LogP contribution < -0.4 is 0 Å². The van der Waals surface area contributed by atoms with Crippen molar-refractivity contribution in [3.63, 3.8) is 0 Å². The molecule has 0 saturated carbocycles. The highest BCUT2D eigenvalue weighted by Crippen LogP contribution is 2.09. The lowest BCUT2D eigenvalue weighted by Crippen LogP contribution is -2.12. The van der Waals surface area contributed by atoms with Gasteiger partial charge in [-0.1, -0.05) is 78.6 Å². The first-order chi connectivity index (χ1) is 16.2. The third-order valence-corrected chi connectivity index (χ3v) is 5.37. The van der Waals surface area contributed by atoms with E-state index in [-0.39, 0.29) is 5.97 Å². The van der Waals surface area contributed by atoms with Crippen LogP contribution in [0.3, 0.4) is 0 Å². The van der Waals surface area contributed by atoms with Crippen molar-refractivity contribution in [1.29, 1.82) is 0 Å². The minimum atomic E-state index is -0.120. The Kier molecular flexibility index (Phi) is 27.0. The van der Waals surface area contributed by atoms with E-state index in [2.05, 4.69) is 20.8 Å². The minimum absolute atomic E-state index is 0.120. The predicted molar refractivity (Wildman–Crippen MR) is 135 cm³/mol. The van der Waals surface area contributed by atoms with Crippen LogP contribution in [-0.2, 0) is 28.5 Å². The summed E-state index contributed by atoms with van der Waals surface area (Å²) in [6.45, 7) is 12.2. The van der Waals surface area contributed by atoms with Crippen LogP contribution in [0.15, 0.2) is 0 Å². The Morgan fingerprint density at radius 3 is 1.58 bits per heavy atom. The molecule has 0 aromatic rings. The Hall–Kier alpha value is -0.690. The molecule has 6 nitrogen and oxygen atoms in total. The molecule has 0 aromatic carbocycles. The molecule has 0 aliphatic heterocycles. The Balaban J connectivity index is 3.12. The largest absolute Gasteiger partial charge is 0.466 e. The summed E-state index contributed by atoms with van der Waals surface area (Å²) in [5.74, 6) is 0.658. The van der Waals surface area contributed by atoms with Crippen LogP contribution in [0.2, 0.25) is 0 Å². The van der Waals surface area contributed by atoms with Crippen molar-refractivity contribution >= 4 is 5.97 Å². The second-order valence-electron chi connectivity index (χ2n) is 9.14. The lowest BCUT2D eigenvalue weighted by molar-refractivity contribution is -0.144. The molecule has 198 valence electrons. The topological polar surface area (TPSA) is 63.2 Å². The van der Waals surface area contributed by atoms with Crippen LogP contribution >= 0.6 is 0 Å². The number of ether oxygens (including phenoxy) is 5. The van der Waals surface area contributed by atoms with Gasteiger partial charge in [0.2, 0.25) is 0 Å². The first-order valence-corrected chi connectivity index (χ1v) is 13.6. The maximum Gasteiger partial charge on any atom is 0.305 e.